The average Bonchev–Trinajstić information content (AvgIpc) is 2.83. The van der Waals surface area contributed by atoms with Crippen molar-refractivity contribution in [2.45, 2.75) is 24.2 Å². The van der Waals surface area contributed by atoms with Gasteiger partial charge in [0.05, 0.1) is 10.6 Å². The number of hydrogen-bond donors (Lipinski definition) is 2. The third-order valence-electron chi connectivity index (χ3n) is 3.89. The zero-order valence-electron chi connectivity index (χ0n) is 11.2. The normalized spacial score (nSPS) is 23.5. The summed E-state index contributed by atoms with van der Waals surface area (Å²) in [6.45, 7) is 0.942. The Balaban J connectivity index is 2.08. The van der Waals surface area contributed by atoms with Crippen LogP contribution in [0.3, 0.4) is 0 Å². The molecule has 106 valence electrons. The van der Waals surface area contributed by atoms with Gasteiger partial charge in [-0.05, 0) is 36.8 Å². The van der Waals surface area contributed by atoms with E-state index in [0.29, 0.717) is 22.4 Å². The Hall–Kier alpha value is -1.07. The lowest BCUT2D eigenvalue weighted by atomic mass is 9.97. The molecule has 2 N–H and O–H groups in total. The lowest BCUT2D eigenvalue weighted by molar-refractivity contribution is 0.199. The van der Waals surface area contributed by atoms with Gasteiger partial charge in [-0.3, -0.25) is 0 Å². The maximum Gasteiger partial charge on any atom is 0.177 e. The van der Waals surface area contributed by atoms with Gasteiger partial charge in [-0.2, -0.15) is 0 Å². The molecular weight excluding hydrogens is 262 g/mol. The van der Waals surface area contributed by atoms with Crippen molar-refractivity contribution < 1.29 is 13.5 Å². The maximum atomic E-state index is 11.7. The van der Waals surface area contributed by atoms with Crippen LogP contribution in [0, 0.1) is 11.8 Å². The van der Waals surface area contributed by atoms with E-state index in [0.717, 1.165) is 25.8 Å². The summed E-state index contributed by atoms with van der Waals surface area (Å²) in [5.41, 5.74) is 0.661. The Labute approximate surface area is 114 Å². The van der Waals surface area contributed by atoms with Gasteiger partial charge in [0.2, 0.25) is 0 Å². The molecule has 1 fully saturated rings. The molecule has 0 amide bonds. The highest BCUT2D eigenvalue weighted by atomic mass is 32.2. The van der Waals surface area contributed by atoms with E-state index in [4.69, 9.17) is 0 Å². The van der Waals surface area contributed by atoms with Crippen molar-refractivity contribution in [1.82, 2.24) is 0 Å². The minimum Gasteiger partial charge on any atom is -0.396 e. The van der Waals surface area contributed by atoms with Crippen molar-refractivity contribution in [3.8, 4) is 0 Å². The minimum atomic E-state index is -3.21. The first-order valence-electron chi connectivity index (χ1n) is 6.66. The van der Waals surface area contributed by atoms with E-state index in [9.17, 15) is 13.5 Å². The molecule has 1 aromatic rings. The maximum absolute atomic E-state index is 11.7. The monoisotopic (exact) mass is 283 g/mol. The van der Waals surface area contributed by atoms with Gasteiger partial charge in [0.1, 0.15) is 0 Å². The van der Waals surface area contributed by atoms with Crippen molar-refractivity contribution in [3.63, 3.8) is 0 Å². The molecule has 0 bridgehead atoms. The smallest absolute Gasteiger partial charge is 0.177 e. The molecule has 2 rings (SSSR count). The number of aliphatic hydroxyl groups excluding tert-OH is 1. The largest absolute Gasteiger partial charge is 0.396 e. The molecule has 0 saturated heterocycles. The van der Waals surface area contributed by atoms with Crippen LogP contribution in [-0.4, -0.2) is 32.9 Å². The van der Waals surface area contributed by atoms with E-state index in [1.54, 1.807) is 18.2 Å². The van der Waals surface area contributed by atoms with Gasteiger partial charge in [0.15, 0.2) is 9.84 Å². The molecule has 0 aromatic heterocycles. The number of aliphatic hydroxyl groups is 1. The standard InChI is InChI=1S/C14H21NO3S/c1-19(17,18)14-8-3-2-7-13(14)15-9-11-5-4-6-12(11)10-16/h2-3,7-8,11-12,15-16H,4-6,9-10H2,1H3. The summed E-state index contributed by atoms with van der Waals surface area (Å²) in [4.78, 5) is 0.341. The van der Waals surface area contributed by atoms with E-state index in [1.807, 2.05) is 6.07 Å². The van der Waals surface area contributed by atoms with Crippen LogP contribution >= 0.6 is 0 Å². The molecule has 0 aliphatic heterocycles. The van der Waals surface area contributed by atoms with Crippen LogP contribution in [0.1, 0.15) is 19.3 Å². The molecule has 0 radical (unpaired) electrons. The van der Waals surface area contributed by atoms with Crippen LogP contribution in [-0.2, 0) is 9.84 Å². The highest BCUT2D eigenvalue weighted by Crippen LogP contribution is 2.32. The van der Waals surface area contributed by atoms with E-state index in [1.165, 1.54) is 6.26 Å². The SMILES string of the molecule is CS(=O)(=O)c1ccccc1NCC1CCCC1CO. The van der Waals surface area contributed by atoms with Crippen molar-refractivity contribution in [3.05, 3.63) is 24.3 Å². The molecule has 1 saturated carbocycles. The lowest BCUT2D eigenvalue weighted by Crippen LogP contribution is -2.21. The topological polar surface area (TPSA) is 66.4 Å². The first kappa shape index (κ1) is 14.3. The zero-order valence-corrected chi connectivity index (χ0v) is 12.0. The number of anilines is 1. The number of nitrogens with one attached hydrogen (secondary N) is 1. The lowest BCUT2D eigenvalue weighted by Gasteiger charge is -2.19. The molecule has 5 heteroatoms. The van der Waals surface area contributed by atoms with Gasteiger partial charge in [-0.1, -0.05) is 18.6 Å². The third kappa shape index (κ3) is 3.48. The third-order valence-corrected chi connectivity index (χ3v) is 5.05. The van der Waals surface area contributed by atoms with E-state index < -0.39 is 9.84 Å². The minimum absolute atomic E-state index is 0.222. The Kier molecular flexibility index (Phi) is 4.47. The molecule has 1 aromatic carbocycles. The van der Waals surface area contributed by atoms with E-state index >= 15 is 0 Å². The fourth-order valence-corrected chi connectivity index (χ4v) is 3.67. The van der Waals surface area contributed by atoms with E-state index in [-0.39, 0.29) is 6.61 Å². The number of rotatable bonds is 5. The van der Waals surface area contributed by atoms with Crippen molar-refractivity contribution >= 4 is 15.5 Å². The fourth-order valence-electron chi connectivity index (χ4n) is 2.80. The molecule has 1 aliphatic carbocycles. The van der Waals surface area contributed by atoms with Crippen LogP contribution < -0.4 is 5.32 Å². The molecule has 2 unspecified atom stereocenters. The zero-order chi connectivity index (χ0) is 13.9. The molecule has 1 aliphatic rings. The average molecular weight is 283 g/mol. The number of sulfone groups is 1. The molecule has 4 nitrogen and oxygen atoms in total. The highest BCUT2D eigenvalue weighted by molar-refractivity contribution is 7.90. The fraction of sp³-hybridized carbons (Fsp3) is 0.571. The Morgan fingerprint density at radius 2 is 1.95 bits per heavy atom. The van der Waals surface area contributed by atoms with Crippen LogP contribution in [0.5, 0.6) is 0 Å². The summed E-state index contributed by atoms with van der Waals surface area (Å²) in [5, 5.41) is 12.5. The Bertz CT molecular complexity index is 527. The quantitative estimate of drug-likeness (QED) is 0.866. The van der Waals surface area contributed by atoms with Gasteiger partial charge >= 0.3 is 0 Å². The van der Waals surface area contributed by atoms with Crippen molar-refractivity contribution in [2.75, 3.05) is 24.7 Å². The summed E-state index contributed by atoms with van der Waals surface area (Å²) in [5.74, 6) is 0.774. The van der Waals surface area contributed by atoms with Gasteiger partial charge < -0.3 is 10.4 Å². The Morgan fingerprint density at radius 1 is 1.26 bits per heavy atom. The summed E-state index contributed by atoms with van der Waals surface area (Å²) in [6, 6.07) is 6.97. The predicted octanol–water partition coefficient (Wildman–Crippen LogP) is 1.91. The molecule has 2 atom stereocenters. The van der Waals surface area contributed by atoms with Gasteiger partial charge in [0, 0.05) is 19.4 Å². The van der Waals surface area contributed by atoms with E-state index in [2.05, 4.69) is 5.32 Å². The van der Waals surface area contributed by atoms with Crippen molar-refractivity contribution in [2.24, 2.45) is 11.8 Å². The van der Waals surface area contributed by atoms with Crippen LogP contribution in [0.25, 0.3) is 0 Å². The molecule has 19 heavy (non-hydrogen) atoms. The van der Waals surface area contributed by atoms with Crippen LogP contribution in [0.2, 0.25) is 0 Å². The number of benzene rings is 1. The number of hydrogen-bond acceptors (Lipinski definition) is 4. The van der Waals surface area contributed by atoms with Gasteiger partial charge in [-0.15, -0.1) is 0 Å². The highest BCUT2D eigenvalue weighted by Gasteiger charge is 2.26. The summed E-state index contributed by atoms with van der Waals surface area (Å²) in [6.07, 6.45) is 4.53. The summed E-state index contributed by atoms with van der Waals surface area (Å²) >= 11 is 0. The van der Waals surface area contributed by atoms with Gasteiger partial charge in [0.25, 0.3) is 0 Å². The summed E-state index contributed by atoms with van der Waals surface area (Å²) < 4.78 is 23.4. The number of para-hydroxylation sites is 1. The second-order valence-corrected chi connectivity index (χ2v) is 7.27. The summed E-state index contributed by atoms with van der Waals surface area (Å²) in [7, 11) is -3.21. The molecule has 0 spiro atoms. The van der Waals surface area contributed by atoms with Crippen LogP contribution in [0.4, 0.5) is 5.69 Å². The van der Waals surface area contributed by atoms with Crippen LogP contribution in [0.15, 0.2) is 29.2 Å². The first-order valence-corrected chi connectivity index (χ1v) is 8.55. The van der Waals surface area contributed by atoms with Gasteiger partial charge in [-0.25, -0.2) is 8.42 Å². The second kappa shape index (κ2) is 5.92. The van der Waals surface area contributed by atoms with Crippen molar-refractivity contribution in [1.29, 1.82) is 0 Å². The first-order chi connectivity index (χ1) is 9.02. The molecular formula is C14H21NO3S. The Morgan fingerprint density at radius 3 is 2.63 bits per heavy atom. The predicted molar refractivity (Wildman–Crippen MR) is 76.0 cm³/mol. The molecule has 0 heterocycles. The second-order valence-electron chi connectivity index (χ2n) is 5.28.